The summed E-state index contributed by atoms with van der Waals surface area (Å²) < 4.78 is 108. The quantitative estimate of drug-likeness (QED) is 0.480. The Morgan fingerprint density at radius 3 is 2.21 bits per heavy atom. The van der Waals surface area contributed by atoms with Crippen LogP contribution >= 0.6 is 0 Å². The van der Waals surface area contributed by atoms with Gasteiger partial charge in [-0.2, -0.15) is 26.3 Å². The van der Waals surface area contributed by atoms with Crippen LogP contribution in [0.15, 0.2) is 42.5 Å². The summed E-state index contributed by atoms with van der Waals surface area (Å²) in [7, 11) is 0. The number of alkyl halides is 6. The van der Waals surface area contributed by atoms with E-state index in [1.807, 2.05) is 5.32 Å². The van der Waals surface area contributed by atoms with Crippen LogP contribution in [0.4, 0.5) is 39.9 Å². The Bertz CT molecular complexity index is 1050. The van der Waals surface area contributed by atoms with Crippen LogP contribution in [0.3, 0.4) is 0 Å². The molecule has 1 fully saturated rings. The van der Waals surface area contributed by atoms with E-state index in [4.69, 9.17) is 0 Å². The molecule has 0 aliphatic carbocycles. The minimum atomic E-state index is -4.94. The van der Waals surface area contributed by atoms with Crippen LogP contribution in [-0.2, 0) is 18.1 Å². The molecule has 0 radical (unpaired) electrons. The molecule has 1 saturated heterocycles. The number of nitrogens with zero attached hydrogens (tertiary/aromatic N) is 1. The largest absolute Gasteiger partial charge is 0.419 e. The minimum Gasteiger partial charge on any atom is -0.320 e. The van der Waals surface area contributed by atoms with E-state index in [0.717, 1.165) is 42.2 Å². The number of hydrogen-bond donors (Lipinski definition) is 1. The highest BCUT2D eigenvalue weighted by Crippen LogP contribution is 2.41. The van der Waals surface area contributed by atoms with E-state index < -0.39 is 46.7 Å². The third-order valence-corrected chi connectivity index (χ3v) is 6.26. The molecule has 1 aliphatic heterocycles. The minimum absolute atomic E-state index is 0.0764. The van der Waals surface area contributed by atoms with E-state index in [1.165, 1.54) is 0 Å². The molecule has 0 saturated carbocycles. The lowest BCUT2D eigenvalue weighted by Crippen LogP contribution is -2.60. The van der Waals surface area contributed by atoms with Crippen LogP contribution in [0.2, 0.25) is 0 Å². The summed E-state index contributed by atoms with van der Waals surface area (Å²) in [4.78, 5) is 14.2. The molecule has 34 heavy (non-hydrogen) atoms. The molecular weight excluding hydrogens is 472 g/mol. The monoisotopic (exact) mass is 494 g/mol. The summed E-state index contributed by atoms with van der Waals surface area (Å²) in [5.74, 6) is -2.19. The van der Waals surface area contributed by atoms with Crippen molar-refractivity contribution >= 4 is 6.03 Å². The summed E-state index contributed by atoms with van der Waals surface area (Å²) in [6.45, 7) is 2.38. The summed E-state index contributed by atoms with van der Waals surface area (Å²) >= 11 is 0. The third kappa shape index (κ3) is 4.97. The van der Waals surface area contributed by atoms with Crippen LogP contribution in [-0.4, -0.2) is 29.2 Å². The second kappa shape index (κ2) is 8.74. The van der Waals surface area contributed by atoms with Gasteiger partial charge in [-0.25, -0.2) is 13.6 Å². The molecule has 1 aliphatic rings. The highest BCUT2D eigenvalue weighted by atomic mass is 19.4. The van der Waals surface area contributed by atoms with Gasteiger partial charge < -0.3 is 10.2 Å². The standard InChI is InChI=1S/C23H22F8N2O/c1-20(13-14-4-9-18(25)17(12-14)22(26,27)28)10-3-11-33(20)19(34)32-21(2,23(29,30)31)15-5-7-16(24)8-6-15/h4-9,12H,3,10-11,13H2,1-2H3,(H,32,34). The fraction of sp³-hybridized carbons (Fsp3) is 0.435. The maximum Gasteiger partial charge on any atom is 0.419 e. The van der Waals surface area contributed by atoms with E-state index in [-0.39, 0.29) is 24.1 Å². The molecule has 2 amide bonds. The number of hydrogen-bond acceptors (Lipinski definition) is 1. The predicted octanol–water partition coefficient (Wildman–Crippen LogP) is 6.57. The second-order valence-corrected chi connectivity index (χ2v) is 8.80. The number of carbonyl (C=O) groups is 1. The Morgan fingerprint density at radius 2 is 1.65 bits per heavy atom. The van der Waals surface area contributed by atoms with Gasteiger partial charge in [-0.05, 0) is 68.5 Å². The van der Waals surface area contributed by atoms with Crippen molar-refractivity contribution in [3.05, 3.63) is 70.8 Å². The van der Waals surface area contributed by atoms with Gasteiger partial charge in [0.1, 0.15) is 11.6 Å². The van der Waals surface area contributed by atoms with Crippen molar-refractivity contribution in [3.8, 4) is 0 Å². The maximum atomic E-state index is 14.0. The third-order valence-electron chi connectivity index (χ3n) is 6.26. The lowest BCUT2D eigenvalue weighted by Gasteiger charge is -2.40. The number of benzene rings is 2. The molecule has 3 rings (SSSR count). The lowest BCUT2D eigenvalue weighted by molar-refractivity contribution is -0.192. The van der Waals surface area contributed by atoms with E-state index >= 15 is 0 Å². The van der Waals surface area contributed by atoms with Gasteiger partial charge in [0.05, 0.1) is 5.56 Å². The first kappa shape index (κ1) is 25.8. The van der Waals surface area contributed by atoms with Gasteiger partial charge in [-0.1, -0.05) is 18.2 Å². The Labute approximate surface area is 190 Å². The fourth-order valence-electron chi connectivity index (χ4n) is 4.26. The number of carbonyl (C=O) groups excluding carboxylic acids is 1. The summed E-state index contributed by atoms with van der Waals surface area (Å²) in [5.41, 5.74) is -5.71. The van der Waals surface area contributed by atoms with Crippen LogP contribution in [0, 0.1) is 11.6 Å². The number of rotatable bonds is 4. The van der Waals surface area contributed by atoms with E-state index in [2.05, 4.69) is 0 Å². The second-order valence-electron chi connectivity index (χ2n) is 8.80. The molecule has 3 nitrogen and oxygen atoms in total. The first-order valence-corrected chi connectivity index (χ1v) is 10.3. The molecule has 2 aromatic carbocycles. The normalized spacial score (nSPS) is 20.8. The zero-order valence-corrected chi connectivity index (χ0v) is 18.2. The molecule has 2 unspecified atom stereocenters. The molecule has 0 aromatic heterocycles. The van der Waals surface area contributed by atoms with Gasteiger partial charge in [0.2, 0.25) is 0 Å². The molecule has 2 aromatic rings. The average molecular weight is 494 g/mol. The van der Waals surface area contributed by atoms with Gasteiger partial charge in [-0.3, -0.25) is 0 Å². The van der Waals surface area contributed by atoms with Crippen molar-refractivity contribution in [1.29, 1.82) is 0 Å². The van der Waals surface area contributed by atoms with Crippen molar-refractivity contribution < 1.29 is 39.9 Å². The summed E-state index contributed by atoms with van der Waals surface area (Å²) in [6.07, 6.45) is -9.25. The summed E-state index contributed by atoms with van der Waals surface area (Å²) in [6, 6.07) is 4.94. The Kier molecular flexibility index (Phi) is 6.62. The zero-order valence-electron chi connectivity index (χ0n) is 18.2. The number of halogens is 8. The van der Waals surface area contributed by atoms with Gasteiger partial charge in [0.25, 0.3) is 0 Å². The highest BCUT2D eigenvalue weighted by molar-refractivity contribution is 5.77. The number of likely N-dealkylation sites (tertiary alicyclic amines) is 1. The molecular formula is C23H22F8N2O. The Hall–Kier alpha value is -2.85. The number of urea groups is 1. The topological polar surface area (TPSA) is 32.3 Å². The van der Waals surface area contributed by atoms with Crippen LogP contribution in [0.5, 0.6) is 0 Å². The molecule has 2 atom stereocenters. The Morgan fingerprint density at radius 1 is 1.03 bits per heavy atom. The van der Waals surface area contributed by atoms with Crippen molar-refractivity contribution in [3.63, 3.8) is 0 Å². The van der Waals surface area contributed by atoms with Gasteiger partial charge in [-0.15, -0.1) is 0 Å². The molecule has 11 heteroatoms. The lowest BCUT2D eigenvalue weighted by atomic mass is 9.89. The van der Waals surface area contributed by atoms with Crippen LogP contribution in [0.1, 0.15) is 43.4 Å². The molecule has 186 valence electrons. The van der Waals surface area contributed by atoms with Crippen molar-refractivity contribution in [2.75, 3.05) is 6.54 Å². The van der Waals surface area contributed by atoms with Crippen molar-refractivity contribution in [2.24, 2.45) is 0 Å². The van der Waals surface area contributed by atoms with Gasteiger partial charge >= 0.3 is 18.4 Å². The molecule has 0 bridgehead atoms. The molecule has 1 heterocycles. The van der Waals surface area contributed by atoms with Gasteiger partial charge in [0, 0.05) is 12.1 Å². The van der Waals surface area contributed by atoms with E-state index in [9.17, 15) is 39.9 Å². The zero-order chi connectivity index (χ0) is 25.5. The van der Waals surface area contributed by atoms with Crippen LogP contribution < -0.4 is 5.32 Å². The summed E-state index contributed by atoms with van der Waals surface area (Å²) in [5, 5.41) is 2.00. The van der Waals surface area contributed by atoms with Gasteiger partial charge in [0.15, 0.2) is 5.54 Å². The smallest absolute Gasteiger partial charge is 0.320 e. The maximum absolute atomic E-state index is 14.0. The fourth-order valence-corrected chi connectivity index (χ4v) is 4.26. The SMILES string of the molecule is CC1(Cc2ccc(F)c(C(F)(F)F)c2)CCCN1C(=O)NC(C)(c1ccc(F)cc1)C(F)(F)F. The predicted molar refractivity (Wildman–Crippen MR) is 108 cm³/mol. The first-order chi connectivity index (χ1) is 15.6. The Balaban J connectivity index is 1.89. The van der Waals surface area contributed by atoms with E-state index in [0.29, 0.717) is 25.0 Å². The average Bonchev–Trinajstić information content (AvgIpc) is 3.09. The first-order valence-electron chi connectivity index (χ1n) is 10.3. The molecule has 1 N–H and O–H groups in total. The van der Waals surface area contributed by atoms with Crippen molar-refractivity contribution in [1.82, 2.24) is 10.2 Å². The van der Waals surface area contributed by atoms with E-state index in [1.54, 1.807) is 6.92 Å². The number of amides is 2. The number of nitrogens with one attached hydrogen (secondary N) is 1. The van der Waals surface area contributed by atoms with Crippen molar-refractivity contribution in [2.45, 2.75) is 56.5 Å². The van der Waals surface area contributed by atoms with Crippen LogP contribution in [0.25, 0.3) is 0 Å². The highest BCUT2D eigenvalue weighted by Gasteiger charge is 2.55. The molecule has 0 spiro atoms.